The summed E-state index contributed by atoms with van der Waals surface area (Å²) in [6.45, 7) is 2.03. The molecule has 0 amide bonds. The summed E-state index contributed by atoms with van der Waals surface area (Å²) in [6, 6.07) is 6.01. The van der Waals surface area contributed by atoms with Crippen LogP contribution in [0.2, 0.25) is 0 Å². The molecular weight excluding hydrogens is 308 g/mol. The van der Waals surface area contributed by atoms with E-state index in [1.807, 2.05) is 54.6 Å². The van der Waals surface area contributed by atoms with Gasteiger partial charge in [-0.1, -0.05) is 6.07 Å². The molecule has 0 aliphatic heterocycles. The minimum absolute atomic E-state index is 0.772. The van der Waals surface area contributed by atoms with E-state index in [0.29, 0.717) is 0 Å². The molecule has 0 N–H and O–H groups in total. The Labute approximate surface area is 137 Å². The van der Waals surface area contributed by atoms with Gasteiger partial charge in [-0.3, -0.25) is 4.98 Å². The SMILES string of the molecule is Cc1cccc2nc(CCc3nc(-c4cncs4)cn3C)nn12. The Morgan fingerprint density at radius 1 is 1.17 bits per heavy atom. The summed E-state index contributed by atoms with van der Waals surface area (Å²) >= 11 is 1.60. The third kappa shape index (κ3) is 2.63. The number of aryl methyl sites for hydroxylation is 4. The lowest BCUT2D eigenvalue weighted by Crippen LogP contribution is -2.01. The molecular formula is C16H16N6S. The monoisotopic (exact) mass is 324 g/mol. The van der Waals surface area contributed by atoms with Crippen LogP contribution in [0.5, 0.6) is 0 Å². The van der Waals surface area contributed by atoms with Crippen molar-refractivity contribution in [1.82, 2.24) is 29.1 Å². The van der Waals surface area contributed by atoms with Crippen molar-refractivity contribution in [2.45, 2.75) is 19.8 Å². The Hall–Kier alpha value is -2.54. The Morgan fingerprint density at radius 3 is 2.87 bits per heavy atom. The van der Waals surface area contributed by atoms with Crippen molar-refractivity contribution in [3.63, 3.8) is 0 Å². The lowest BCUT2D eigenvalue weighted by Gasteiger charge is -1.98. The molecule has 0 unspecified atom stereocenters. The molecule has 0 bridgehead atoms. The van der Waals surface area contributed by atoms with Crippen molar-refractivity contribution in [3.8, 4) is 10.6 Å². The highest BCUT2D eigenvalue weighted by Crippen LogP contribution is 2.22. The van der Waals surface area contributed by atoms with Crippen LogP contribution in [0, 0.1) is 6.92 Å². The predicted molar refractivity (Wildman–Crippen MR) is 89.4 cm³/mol. The summed E-state index contributed by atoms with van der Waals surface area (Å²) in [4.78, 5) is 14.5. The van der Waals surface area contributed by atoms with Crippen LogP contribution in [0.3, 0.4) is 0 Å². The molecule has 0 atom stereocenters. The van der Waals surface area contributed by atoms with Crippen molar-refractivity contribution in [3.05, 3.63) is 53.4 Å². The molecule has 0 spiro atoms. The second kappa shape index (κ2) is 5.58. The van der Waals surface area contributed by atoms with Crippen molar-refractivity contribution >= 4 is 17.0 Å². The first kappa shape index (κ1) is 14.1. The van der Waals surface area contributed by atoms with Crippen LogP contribution in [0.25, 0.3) is 16.2 Å². The summed E-state index contributed by atoms with van der Waals surface area (Å²) in [6.07, 6.45) is 5.48. The molecule has 116 valence electrons. The van der Waals surface area contributed by atoms with Gasteiger partial charge in [-0.2, -0.15) is 5.10 Å². The molecule has 4 rings (SSSR count). The molecule has 6 nitrogen and oxygen atoms in total. The lowest BCUT2D eigenvalue weighted by atomic mass is 10.3. The summed E-state index contributed by atoms with van der Waals surface area (Å²) in [5, 5.41) is 4.57. The second-order valence-corrected chi connectivity index (χ2v) is 6.37. The molecule has 4 aromatic heterocycles. The molecule has 23 heavy (non-hydrogen) atoms. The predicted octanol–water partition coefficient (Wildman–Crippen LogP) is 2.68. The van der Waals surface area contributed by atoms with Gasteiger partial charge in [0.05, 0.1) is 10.4 Å². The van der Waals surface area contributed by atoms with Crippen LogP contribution in [0.4, 0.5) is 0 Å². The van der Waals surface area contributed by atoms with Crippen LogP contribution in [0.1, 0.15) is 17.3 Å². The molecule has 0 radical (unpaired) electrons. The lowest BCUT2D eigenvalue weighted by molar-refractivity contribution is 0.743. The highest BCUT2D eigenvalue weighted by molar-refractivity contribution is 7.13. The van der Waals surface area contributed by atoms with Crippen LogP contribution < -0.4 is 0 Å². The van der Waals surface area contributed by atoms with Crippen molar-refractivity contribution < 1.29 is 0 Å². The molecule has 0 aliphatic carbocycles. The molecule has 4 aromatic rings. The summed E-state index contributed by atoms with van der Waals surface area (Å²) in [7, 11) is 2.02. The van der Waals surface area contributed by atoms with Gasteiger partial charge in [0.25, 0.3) is 0 Å². The average molecular weight is 324 g/mol. The fraction of sp³-hybridized carbons (Fsp3) is 0.250. The largest absolute Gasteiger partial charge is 0.337 e. The second-order valence-electron chi connectivity index (χ2n) is 5.48. The van der Waals surface area contributed by atoms with Gasteiger partial charge >= 0.3 is 0 Å². The number of aromatic nitrogens is 6. The quantitative estimate of drug-likeness (QED) is 0.579. The number of hydrogen-bond acceptors (Lipinski definition) is 5. The van der Waals surface area contributed by atoms with E-state index in [0.717, 1.165) is 46.4 Å². The van der Waals surface area contributed by atoms with Gasteiger partial charge < -0.3 is 4.57 Å². The van der Waals surface area contributed by atoms with Gasteiger partial charge in [0.2, 0.25) is 0 Å². The maximum Gasteiger partial charge on any atom is 0.155 e. The fourth-order valence-corrected chi connectivity index (χ4v) is 3.18. The number of fused-ring (bicyclic) bond motifs is 1. The van der Waals surface area contributed by atoms with E-state index < -0.39 is 0 Å². The standard InChI is InChI=1S/C16H16N6S/c1-11-4-3-5-16-19-14(20-22(11)16)6-7-15-18-12(9-21(15)2)13-8-17-10-23-13/h3-5,8-10H,6-7H2,1-2H3. The molecule has 0 aliphatic rings. The highest BCUT2D eigenvalue weighted by Gasteiger charge is 2.11. The molecule has 0 aromatic carbocycles. The van der Waals surface area contributed by atoms with E-state index in [9.17, 15) is 0 Å². The fourth-order valence-electron chi connectivity index (χ4n) is 2.61. The minimum Gasteiger partial charge on any atom is -0.337 e. The molecule has 0 fully saturated rings. The van der Waals surface area contributed by atoms with Crippen LogP contribution in [0.15, 0.2) is 36.1 Å². The molecule has 7 heteroatoms. The zero-order chi connectivity index (χ0) is 15.8. The van der Waals surface area contributed by atoms with Gasteiger partial charge in [0.1, 0.15) is 11.5 Å². The third-order valence-electron chi connectivity index (χ3n) is 3.82. The molecule has 4 heterocycles. The van der Waals surface area contributed by atoms with Gasteiger partial charge in [-0.15, -0.1) is 11.3 Å². The van der Waals surface area contributed by atoms with E-state index in [1.165, 1.54) is 0 Å². The number of pyridine rings is 1. The number of nitrogens with zero attached hydrogens (tertiary/aromatic N) is 6. The van der Waals surface area contributed by atoms with E-state index in [4.69, 9.17) is 4.98 Å². The maximum atomic E-state index is 4.71. The van der Waals surface area contributed by atoms with Crippen LogP contribution in [-0.4, -0.2) is 29.1 Å². The zero-order valence-electron chi connectivity index (χ0n) is 13.0. The smallest absolute Gasteiger partial charge is 0.155 e. The van der Waals surface area contributed by atoms with E-state index >= 15 is 0 Å². The van der Waals surface area contributed by atoms with Crippen molar-refractivity contribution in [1.29, 1.82) is 0 Å². The van der Waals surface area contributed by atoms with Crippen molar-refractivity contribution in [2.75, 3.05) is 0 Å². The zero-order valence-corrected chi connectivity index (χ0v) is 13.8. The molecule has 0 saturated carbocycles. The van der Waals surface area contributed by atoms with Crippen LogP contribution >= 0.6 is 11.3 Å². The van der Waals surface area contributed by atoms with Gasteiger partial charge in [-0.25, -0.2) is 14.5 Å². The minimum atomic E-state index is 0.772. The number of rotatable bonds is 4. The maximum absolute atomic E-state index is 4.71. The highest BCUT2D eigenvalue weighted by atomic mass is 32.1. The summed E-state index contributed by atoms with van der Waals surface area (Å²) < 4.78 is 3.95. The van der Waals surface area contributed by atoms with Crippen molar-refractivity contribution in [2.24, 2.45) is 7.05 Å². The van der Waals surface area contributed by atoms with Crippen LogP contribution in [-0.2, 0) is 19.9 Å². The number of hydrogen-bond donors (Lipinski definition) is 0. The van der Waals surface area contributed by atoms with E-state index in [1.54, 1.807) is 11.3 Å². The van der Waals surface area contributed by atoms with E-state index in [2.05, 4.69) is 19.6 Å². The van der Waals surface area contributed by atoms with Gasteiger partial charge in [0.15, 0.2) is 11.5 Å². The Morgan fingerprint density at radius 2 is 2.09 bits per heavy atom. The number of thiazole rings is 1. The Balaban J connectivity index is 1.55. The first-order valence-corrected chi connectivity index (χ1v) is 8.31. The Bertz CT molecular complexity index is 950. The summed E-state index contributed by atoms with van der Waals surface area (Å²) in [5.74, 6) is 1.88. The van der Waals surface area contributed by atoms with Gasteiger partial charge in [0, 0.05) is 38.0 Å². The average Bonchev–Trinajstić information content (AvgIpc) is 3.24. The topological polar surface area (TPSA) is 60.9 Å². The van der Waals surface area contributed by atoms with E-state index in [-0.39, 0.29) is 0 Å². The summed E-state index contributed by atoms with van der Waals surface area (Å²) in [5.41, 5.74) is 4.78. The third-order valence-corrected chi connectivity index (χ3v) is 4.62. The Kier molecular flexibility index (Phi) is 3.42. The number of imidazole rings is 1. The van der Waals surface area contributed by atoms with Gasteiger partial charge in [-0.05, 0) is 19.1 Å². The normalized spacial score (nSPS) is 11.4. The molecule has 0 saturated heterocycles. The first-order valence-electron chi connectivity index (χ1n) is 7.43. The first-order chi connectivity index (χ1) is 11.2.